The van der Waals surface area contributed by atoms with E-state index in [1.54, 1.807) is 12.1 Å². The quantitative estimate of drug-likeness (QED) is 0.528. The Kier molecular flexibility index (Phi) is 6.64. The highest BCUT2D eigenvalue weighted by molar-refractivity contribution is 6.05. The van der Waals surface area contributed by atoms with Gasteiger partial charge in [0.1, 0.15) is 18.3 Å². The van der Waals surface area contributed by atoms with Crippen LogP contribution in [0.25, 0.3) is 0 Å². The lowest BCUT2D eigenvalue weighted by molar-refractivity contribution is -0.147. The van der Waals surface area contributed by atoms with Crippen LogP contribution in [0.15, 0.2) is 54.6 Å². The van der Waals surface area contributed by atoms with Crippen LogP contribution in [0.5, 0.6) is 5.75 Å². The number of ketones is 1. The van der Waals surface area contributed by atoms with E-state index in [9.17, 15) is 9.59 Å². The van der Waals surface area contributed by atoms with E-state index in [2.05, 4.69) is 0 Å². The van der Waals surface area contributed by atoms with Crippen LogP contribution in [0.3, 0.4) is 0 Å². The topological polar surface area (TPSA) is 52.6 Å². The van der Waals surface area contributed by atoms with Gasteiger partial charge in [0, 0.05) is 5.92 Å². The molecule has 1 fully saturated rings. The largest absolute Gasteiger partial charge is 0.489 e. The zero-order valence-corrected chi connectivity index (χ0v) is 15.7. The zero-order chi connectivity index (χ0) is 19.1. The molecular formula is C23H26O4. The number of rotatable bonds is 7. The van der Waals surface area contributed by atoms with Crippen molar-refractivity contribution >= 4 is 11.8 Å². The van der Waals surface area contributed by atoms with Crippen LogP contribution in [-0.4, -0.2) is 18.9 Å². The fourth-order valence-electron chi connectivity index (χ4n) is 3.65. The van der Waals surface area contributed by atoms with Gasteiger partial charge in [-0.15, -0.1) is 0 Å². The van der Waals surface area contributed by atoms with Crippen molar-refractivity contribution in [2.75, 3.05) is 7.11 Å². The number of esters is 1. The molecule has 142 valence electrons. The van der Waals surface area contributed by atoms with E-state index in [-0.39, 0.29) is 11.7 Å². The van der Waals surface area contributed by atoms with Crippen molar-refractivity contribution in [1.29, 1.82) is 0 Å². The summed E-state index contributed by atoms with van der Waals surface area (Å²) in [5, 5.41) is 0. The average Bonchev–Trinajstić information content (AvgIpc) is 2.74. The summed E-state index contributed by atoms with van der Waals surface area (Å²) in [7, 11) is 1.33. The number of hydrogen-bond acceptors (Lipinski definition) is 4. The molecule has 4 nitrogen and oxygen atoms in total. The Morgan fingerprint density at radius 2 is 1.63 bits per heavy atom. The summed E-state index contributed by atoms with van der Waals surface area (Å²) in [5.74, 6) is -0.683. The molecule has 27 heavy (non-hydrogen) atoms. The number of Topliss-reactive ketones (excluding diaryl/α,β-unsaturated/α-hetero) is 1. The number of carbonyl (C=O) groups is 2. The van der Waals surface area contributed by atoms with Crippen molar-refractivity contribution < 1.29 is 19.1 Å². The summed E-state index contributed by atoms with van der Waals surface area (Å²) in [6.45, 7) is 0.474. The van der Waals surface area contributed by atoms with Crippen LogP contribution in [0.4, 0.5) is 0 Å². The lowest BCUT2D eigenvalue weighted by Gasteiger charge is -2.24. The third-order valence-corrected chi connectivity index (χ3v) is 5.19. The molecule has 1 atom stereocenters. The molecule has 0 saturated heterocycles. The van der Waals surface area contributed by atoms with Crippen LogP contribution in [0, 0.1) is 5.92 Å². The highest BCUT2D eigenvalue weighted by atomic mass is 16.5. The Balaban J connectivity index is 1.70. The van der Waals surface area contributed by atoms with Gasteiger partial charge in [0.15, 0.2) is 5.78 Å². The number of benzene rings is 2. The van der Waals surface area contributed by atoms with E-state index in [0.717, 1.165) is 31.2 Å². The molecule has 0 aliphatic heterocycles. The van der Waals surface area contributed by atoms with Gasteiger partial charge < -0.3 is 9.47 Å². The highest BCUT2D eigenvalue weighted by Gasteiger charge is 2.35. The van der Waals surface area contributed by atoms with Gasteiger partial charge in [-0.2, -0.15) is 0 Å². The van der Waals surface area contributed by atoms with E-state index in [1.807, 2.05) is 42.5 Å². The molecule has 0 amide bonds. The predicted octanol–water partition coefficient (Wildman–Crippen LogP) is 4.67. The van der Waals surface area contributed by atoms with Gasteiger partial charge in [-0.25, -0.2) is 0 Å². The first-order chi connectivity index (χ1) is 13.2. The number of hydrogen-bond donors (Lipinski definition) is 0. The van der Waals surface area contributed by atoms with Crippen molar-refractivity contribution in [2.45, 2.75) is 44.6 Å². The standard InChI is InChI=1S/C23H26O4/c1-26-23(25)21(22(24)19-10-6-3-7-11-19)18-12-14-20(15-13-18)27-16-17-8-4-2-5-9-17/h2,4-5,8-9,12-15,19,21H,3,6-7,10-11,16H2,1H3. The normalized spacial score (nSPS) is 15.7. The van der Waals surface area contributed by atoms with Crippen molar-refractivity contribution in [3.8, 4) is 5.75 Å². The van der Waals surface area contributed by atoms with Crippen LogP contribution in [0.1, 0.15) is 49.1 Å². The number of carbonyl (C=O) groups excluding carboxylic acids is 2. The molecule has 2 aromatic rings. The van der Waals surface area contributed by atoms with Crippen molar-refractivity contribution in [2.24, 2.45) is 5.92 Å². The molecule has 0 spiro atoms. The average molecular weight is 366 g/mol. The van der Waals surface area contributed by atoms with E-state index >= 15 is 0 Å². The van der Waals surface area contributed by atoms with Gasteiger partial charge in [0.05, 0.1) is 7.11 Å². The van der Waals surface area contributed by atoms with Gasteiger partial charge >= 0.3 is 5.97 Å². The summed E-state index contributed by atoms with van der Waals surface area (Å²) >= 11 is 0. The van der Waals surface area contributed by atoms with Crippen LogP contribution in [-0.2, 0) is 20.9 Å². The van der Waals surface area contributed by atoms with Gasteiger partial charge in [-0.05, 0) is 36.1 Å². The highest BCUT2D eigenvalue weighted by Crippen LogP contribution is 2.31. The van der Waals surface area contributed by atoms with Crippen LogP contribution < -0.4 is 4.74 Å². The van der Waals surface area contributed by atoms with Gasteiger partial charge in [0.2, 0.25) is 0 Å². The van der Waals surface area contributed by atoms with Crippen molar-refractivity contribution in [3.05, 3.63) is 65.7 Å². The summed E-state index contributed by atoms with van der Waals surface area (Å²) < 4.78 is 10.7. The van der Waals surface area contributed by atoms with E-state index in [0.29, 0.717) is 17.9 Å². The smallest absolute Gasteiger partial charge is 0.320 e. The number of methoxy groups -OCH3 is 1. The molecule has 1 aliphatic rings. The first-order valence-electron chi connectivity index (χ1n) is 9.57. The minimum Gasteiger partial charge on any atom is -0.489 e. The molecule has 1 aliphatic carbocycles. The van der Waals surface area contributed by atoms with Crippen LogP contribution >= 0.6 is 0 Å². The first kappa shape index (κ1) is 19.2. The molecule has 0 aromatic heterocycles. The maximum atomic E-state index is 13.0. The zero-order valence-electron chi connectivity index (χ0n) is 15.7. The fraction of sp³-hybridized carbons (Fsp3) is 0.391. The van der Waals surface area contributed by atoms with Crippen molar-refractivity contribution in [1.82, 2.24) is 0 Å². The van der Waals surface area contributed by atoms with Crippen molar-refractivity contribution in [3.63, 3.8) is 0 Å². The van der Waals surface area contributed by atoms with E-state index in [1.165, 1.54) is 13.5 Å². The van der Waals surface area contributed by atoms with Gasteiger partial charge in [-0.3, -0.25) is 9.59 Å². The molecule has 3 rings (SSSR count). The minimum atomic E-state index is -0.846. The third kappa shape index (κ3) is 4.97. The summed E-state index contributed by atoms with van der Waals surface area (Å²) in [6.07, 6.45) is 5.00. The second-order valence-electron chi connectivity index (χ2n) is 7.04. The summed E-state index contributed by atoms with van der Waals surface area (Å²) in [5.41, 5.74) is 1.76. The van der Waals surface area contributed by atoms with E-state index < -0.39 is 11.9 Å². The Bertz CT molecular complexity index is 746. The fourth-order valence-corrected chi connectivity index (χ4v) is 3.65. The maximum absolute atomic E-state index is 13.0. The second-order valence-corrected chi connectivity index (χ2v) is 7.04. The molecule has 0 N–H and O–H groups in total. The Morgan fingerprint density at radius 3 is 2.26 bits per heavy atom. The predicted molar refractivity (Wildman–Crippen MR) is 104 cm³/mol. The van der Waals surface area contributed by atoms with Gasteiger partial charge in [-0.1, -0.05) is 61.7 Å². The first-order valence-corrected chi connectivity index (χ1v) is 9.57. The second kappa shape index (κ2) is 9.36. The third-order valence-electron chi connectivity index (χ3n) is 5.19. The van der Waals surface area contributed by atoms with Crippen LogP contribution in [0.2, 0.25) is 0 Å². The molecule has 0 bridgehead atoms. The Hall–Kier alpha value is -2.62. The Labute approximate surface area is 160 Å². The molecule has 1 unspecified atom stereocenters. The molecule has 1 saturated carbocycles. The molecule has 0 heterocycles. The lowest BCUT2D eigenvalue weighted by Crippen LogP contribution is -2.30. The monoisotopic (exact) mass is 366 g/mol. The molecule has 0 radical (unpaired) electrons. The number of ether oxygens (including phenoxy) is 2. The Morgan fingerprint density at radius 1 is 0.963 bits per heavy atom. The lowest BCUT2D eigenvalue weighted by atomic mass is 9.79. The van der Waals surface area contributed by atoms with Gasteiger partial charge in [0.25, 0.3) is 0 Å². The maximum Gasteiger partial charge on any atom is 0.320 e. The molecular weight excluding hydrogens is 340 g/mol. The van der Waals surface area contributed by atoms with E-state index in [4.69, 9.17) is 9.47 Å². The molecule has 2 aromatic carbocycles. The summed E-state index contributed by atoms with van der Waals surface area (Å²) in [4.78, 5) is 25.3. The SMILES string of the molecule is COC(=O)C(C(=O)C1CCCCC1)c1ccc(OCc2ccccc2)cc1. The summed E-state index contributed by atoms with van der Waals surface area (Å²) in [6, 6.07) is 17.1. The molecule has 4 heteroatoms. The minimum absolute atomic E-state index is 0.0143.